The lowest BCUT2D eigenvalue weighted by Gasteiger charge is -2.20. The Bertz CT molecular complexity index is 1190. The molecule has 2 aromatic carbocycles. The molecular weight excluding hydrogens is 432 g/mol. The summed E-state index contributed by atoms with van der Waals surface area (Å²) in [4.78, 5) is 29.3. The average Bonchev–Trinajstić information content (AvgIpc) is 3.15. The van der Waals surface area contributed by atoms with Gasteiger partial charge in [0, 0.05) is 28.9 Å². The second-order valence-electron chi connectivity index (χ2n) is 10.4. The van der Waals surface area contributed by atoms with Gasteiger partial charge >= 0.3 is 6.09 Å². The number of aryl methyl sites for hydroxylation is 1. The number of amides is 2. The smallest absolute Gasteiger partial charge is 0.412 e. The van der Waals surface area contributed by atoms with Gasteiger partial charge in [0.25, 0.3) is 5.91 Å². The molecule has 0 spiro atoms. The summed E-state index contributed by atoms with van der Waals surface area (Å²) in [7, 11) is 0. The van der Waals surface area contributed by atoms with Crippen LogP contribution in [0.25, 0.3) is 11.4 Å². The predicted molar refractivity (Wildman–Crippen MR) is 132 cm³/mol. The SMILES string of the molecule is Cc1cc(NC(=O)c2cccc(-c3noc(CC(C)(C)C)n3)c2)ccc1NC(=O)OC(C)(C)C. The summed E-state index contributed by atoms with van der Waals surface area (Å²) in [6, 6.07) is 12.3. The van der Waals surface area contributed by atoms with E-state index in [9.17, 15) is 9.59 Å². The van der Waals surface area contributed by atoms with Crippen molar-refractivity contribution >= 4 is 23.4 Å². The maximum Gasteiger partial charge on any atom is 0.412 e. The standard InChI is InChI=1S/C26H32N4O4/c1-16-13-19(11-12-20(16)28-24(32)33-26(5,6)7)27-23(31)18-10-8-9-17(14-18)22-29-21(34-30-22)15-25(2,3)4/h8-14H,15H2,1-7H3,(H,27,31)(H,28,32). The fraction of sp³-hybridized carbons (Fsp3) is 0.385. The van der Waals surface area contributed by atoms with E-state index in [1.807, 2.05) is 13.0 Å². The van der Waals surface area contributed by atoms with E-state index in [-0.39, 0.29) is 11.3 Å². The fourth-order valence-electron chi connectivity index (χ4n) is 3.20. The van der Waals surface area contributed by atoms with Gasteiger partial charge in [0.05, 0.1) is 0 Å². The van der Waals surface area contributed by atoms with Crippen LogP contribution in [0.4, 0.5) is 16.2 Å². The Hall–Kier alpha value is -3.68. The largest absolute Gasteiger partial charge is 0.444 e. The third-order valence-corrected chi connectivity index (χ3v) is 4.65. The van der Waals surface area contributed by atoms with Crippen LogP contribution >= 0.6 is 0 Å². The fourth-order valence-corrected chi connectivity index (χ4v) is 3.20. The number of rotatable bonds is 5. The molecule has 0 unspecified atom stereocenters. The van der Waals surface area contributed by atoms with Gasteiger partial charge in [-0.15, -0.1) is 0 Å². The first-order chi connectivity index (χ1) is 15.8. The van der Waals surface area contributed by atoms with Crippen molar-refractivity contribution in [2.45, 2.75) is 60.5 Å². The topological polar surface area (TPSA) is 106 Å². The third-order valence-electron chi connectivity index (χ3n) is 4.65. The normalized spacial score (nSPS) is 11.7. The van der Waals surface area contributed by atoms with Crippen LogP contribution in [0.2, 0.25) is 0 Å². The number of hydrogen-bond donors (Lipinski definition) is 2. The van der Waals surface area contributed by atoms with Crippen molar-refractivity contribution in [3.8, 4) is 11.4 Å². The number of nitrogens with one attached hydrogen (secondary N) is 2. The van der Waals surface area contributed by atoms with Gasteiger partial charge in [-0.2, -0.15) is 4.98 Å². The molecule has 8 heteroatoms. The number of ether oxygens (including phenoxy) is 1. The molecular formula is C26H32N4O4. The van der Waals surface area contributed by atoms with Crippen LogP contribution in [0.1, 0.15) is 63.4 Å². The Morgan fingerprint density at radius 2 is 1.74 bits per heavy atom. The molecule has 0 atom stereocenters. The van der Waals surface area contributed by atoms with E-state index < -0.39 is 11.7 Å². The second-order valence-corrected chi connectivity index (χ2v) is 10.4. The summed E-state index contributed by atoms with van der Waals surface area (Å²) in [5.41, 5.74) is 2.61. The summed E-state index contributed by atoms with van der Waals surface area (Å²) < 4.78 is 10.7. The molecule has 1 aromatic heterocycles. The number of nitrogens with zero attached hydrogens (tertiary/aromatic N) is 2. The van der Waals surface area contributed by atoms with Crippen molar-refractivity contribution in [3.05, 3.63) is 59.5 Å². The molecule has 0 aliphatic carbocycles. The highest BCUT2D eigenvalue weighted by Gasteiger charge is 2.19. The highest BCUT2D eigenvalue weighted by molar-refractivity contribution is 6.05. The highest BCUT2D eigenvalue weighted by Crippen LogP contribution is 2.24. The Balaban J connectivity index is 1.69. The van der Waals surface area contributed by atoms with Gasteiger partial charge in [-0.25, -0.2) is 4.79 Å². The quantitative estimate of drug-likeness (QED) is 0.463. The van der Waals surface area contributed by atoms with Gasteiger partial charge in [0.1, 0.15) is 5.60 Å². The van der Waals surface area contributed by atoms with Crippen LogP contribution in [0.5, 0.6) is 0 Å². The lowest BCUT2D eigenvalue weighted by Crippen LogP contribution is -2.27. The molecule has 2 amide bonds. The molecule has 0 saturated heterocycles. The first-order valence-corrected chi connectivity index (χ1v) is 11.1. The molecule has 8 nitrogen and oxygen atoms in total. The number of carbonyl (C=O) groups excluding carboxylic acids is 2. The Morgan fingerprint density at radius 3 is 2.38 bits per heavy atom. The molecule has 0 aliphatic heterocycles. The van der Waals surface area contributed by atoms with E-state index in [2.05, 4.69) is 41.5 Å². The molecule has 0 aliphatic rings. The van der Waals surface area contributed by atoms with Gasteiger partial charge in [-0.1, -0.05) is 38.1 Å². The van der Waals surface area contributed by atoms with Crippen molar-refractivity contribution in [2.24, 2.45) is 5.41 Å². The minimum absolute atomic E-state index is 0.0294. The maximum atomic E-state index is 12.9. The van der Waals surface area contributed by atoms with Crippen LogP contribution < -0.4 is 10.6 Å². The summed E-state index contributed by atoms with van der Waals surface area (Å²) in [5, 5.41) is 9.67. The Morgan fingerprint density at radius 1 is 1.00 bits per heavy atom. The molecule has 0 fully saturated rings. The third kappa shape index (κ3) is 7.16. The van der Waals surface area contributed by atoms with Gasteiger partial charge < -0.3 is 14.6 Å². The van der Waals surface area contributed by atoms with Gasteiger partial charge in [-0.3, -0.25) is 10.1 Å². The van der Waals surface area contributed by atoms with E-state index in [0.29, 0.717) is 40.6 Å². The Kier molecular flexibility index (Phi) is 7.09. The van der Waals surface area contributed by atoms with Crippen molar-refractivity contribution in [3.63, 3.8) is 0 Å². The number of carbonyl (C=O) groups is 2. The van der Waals surface area contributed by atoms with E-state index in [0.717, 1.165) is 5.56 Å². The number of aromatic nitrogens is 2. The zero-order chi connectivity index (χ0) is 25.1. The summed E-state index contributed by atoms with van der Waals surface area (Å²) in [5.74, 6) is 0.739. The number of hydrogen-bond acceptors (Lipinski definition) is 6. The first kappa shape index (κ1) is 25.0. The lowest BCUT2D eigenvalue weighted by atomic mass is 9.92. The maximum absolute atomic E-state index is 12.9. The Labute approximate surface area is 200 Å². The molecule has 3 rings (SSSR count). The molecule has 34 heavy (non-hydrogen) atoms. The predicted octanol–water partition coefficient (Wildman–Crippen LogP) is 6.23. The van der Waals surface area contributed by atoms with Crippen molar-refractivity contribution in [2.75, 3.05) is 10.6 Å². The molecule has 3 aromatic rings. The van der Waals surface area contributed by atoms with Gasteiger partial charge in [-0.05, 0) is 69.0 Å². The molecule has 0 radical (unpaired) electrons. The molecule has 180 valence electrons. The molecule has 0 saturated carbocycles. The zero-order valence-electron chi connectivity index (χ0n) is 20.8. The van der Waals surface area contributed by atoms with Crippen molar-refractivity contribution in [1.82, 2.24) is 10.1 Å². The summed E-state index contributed by atoms with van der Waals surface area (Å²) in [6.45, 7) is 13.6. The minimum atomic E-state index is -0.587. The van der Waals surface area contributed by atoms with Crippen molar-refractivity contribution in [1.29, 1.82) is 0 Å². The molecule has 0 bridgehead atoms. The van der Waals surface area contributed by atoms with Crippen LogP contribution in [-0.4, -0.2) is 27.7 Å². The van der Waals surface area contributed by atoms with Crippen LogP contribution in [0.3, 0.4) is 0 Å². The number of anilines is 2. The summed E-state index contributed by atoms with van der Waals surface area (Å²) in [6.07, 6.45) is 0.134. The van der Waals surface area contributed by atoms with Gasteiger partial charge in [0.2, 0.25) is 11.7 Å². The summed E-state index contributed by atoms with van der Waals surface area (Å²) >= 11 is 0. The number of benzene rings is 2. The van der Waals surface area contributed by atoms with E-state index in [1.54, 1.807) is 57.2 Å². The van der Waals surface area contributed by atoms with Crippen LogP contribution in [-0.2, 0) is 11.2 Å². The van der Waals surface area contributed by atoms with Crippen LogP contribution in [0, 0.1) is 12.3 Å². The van der Waals surface area contributed by atoms with E-state index in [4.69, 9.17) is 9.26 Å². The second kappa shape index (κ2) is 9.67. The van der Waals surface area contributed by atoms with E-state index in [1.165, 1.54) is 0 Å². The minimum Gasteiger partial charge on any atom is -0.444 e. The lowest BCUT2D eigenvalue weighted by molar-refractivity contribution is 0.0635. The zero-order valence-corrected chi connectivity index (χ0v) is 20.8. The molecule has 1 heterocycles. The molecule has 2 N–H and O–H groups in total. The average molecular weight is 465 g/mol. The van der Waals surface area contributed by atoms with Gasteiger partial charge in [0.15, 0.2) is 0 Å². The monoisotopic (exact) mass is 464 g/mol. The van der Waals surface area contributed by atoms with E-state index >= 15 is 0 Å². The first-order valence-electron chi connectivity index (χ1n) is 11.1. The van der Waals surface area contributed by atoms with Crippen LogP contribution in [0.15, 0.2) is 47.0 Å². The van der Waals surface area contributed by atoms with Crippen molar-refractivity contribution < 1.29 is 18.8 Å². The highest BCUT2D eigenvalue weighted by atomic mass is 16.6.